The fraction of sp³-hybridized carbons (Fsp3) is 0.667. The Morgan fingerprint density at radius 3 is 2.62 bits per heavy atom. The predicted octanol–water partition coefficient (Wildman–Crippen LogP) is 3.53. The normalized spacial score (nSPS) is 21.4. The van der Waals surface area contributed by atoms with Crippen molar-refractivity contribution in [2.75, 3.05) is 25.5 Å². The van der Waals surface area contributed by atoms with Crippen LogP contribution < -0.4 is 5.32 Å². The van der Waals surface area contributed by atoms with Crippen molar-refractivity contribution in [1.82, 2.24) is 9.96 Å². The number of carbonyl (C=O) groups excluding carboxylic acids is 4. The third kappa shape index (κ3) is 6.56. The molecule has 4 rings (SSSR count). The first-order chi connectivity index (χ1) is 16.3. The number of nitrogens with one attached hydrogen (secondary N) is 1. The molecule has 0 bridgehead atoms. The van der Waals surface area contributed by atoms with Crippen LogP contribution >= 0.6 is 11.3 Å². The van der Waals surface area contributed by atoms with Crippen molar-refractivity contribution in [2.45, 2.75) is 64.3 Å². The number of likely N-dealkylation sites (tertiary alicyclic amines) is 1. The predicted molar refractivity (Wildman–Crippen MR) is 127 cm³/mol. The van der Waals surface area contributed by atoms with E-state index in [2.05, 4.69) is 17.0 Å². The Bertz CT molecular complexity index is 865. The highest BCUT2D eigenvalue weighted by Crippen LogP contribution is 2.55. The first-order valence-corrected chi connectivity index (χ1v) is 12.8. The van der Waals surface area contributed by atoms with E-state index in [0.717, 1.165) is 19.4 Å². The molecule has 2 atom stereocenters. The van der Waals surface area contributed by atoms with Crippen LogP contribution in [0.4, 0.5) is 5.69 Å². The number of ether oxygens (including phenoxy) is 1. The number of methoxy groups -OCH3 is 1. The molecule has 2 saturated carbocycles. The number of anilines is 1. The monoisotopic (exact) mass is 493 g/mol. The smallest absolute Gasteiger partial charge is 0.350 e. The van der Waals surface area contributed by atoms with E-state index in [0.29, 0.717) is 45.8 Å². The summed E-state index contributed by atoms with van der Waals surface area (Å²) in [6.07, 6.45) is 10.2. The Kier molecular flexibility index (Phi) is 9.07. The molecule has 188 valence electrons. The Morgan fingerprint density at radius 2 is 2.06 bits per heavy atom. The van der Waals surface area contributed by atoms with E-state index >= 15 is 0 Å². The zero-order valence-corrected chi connectivity index (χ0v) is 20.7. The molecule has 0 aromatic carbocycles. The molecule has 3 aliphatic rings. The summed E-state index contributed by atoms with van der Waals surface area (Å²) in [6.45, 7) is 3.14. The molecule has 2 N–H and O–H groups in total. The van der Waals surface area contributed by atoms with Crippen LogP contribution in [0, 0.1) is 17.3 Å². The molecule has 1 aliphatic heterocycles. The highest BCUT2D eigenvalue weighted by atomic mass is 32.1. The summed E-state index contributed by atoms with van der Waals surface area (Å²) >= 11 is 1.23. The molecule has 1 aromatic heterocycles. The minimum absolute atomic E-state index is 0.134. The molecule has 2 aliphatic carbocycles. The van der Waals surface area contributed by atoms with Crippen molar-refractivity contribution < 1.29 is 29.1 Å². The Balaban J connectivity index is 0.000000229. The van der Waals surface area contributed by atoms with Gasteiger partial charge < -0.3 is 15.0 Å². The van der Waals surface area contributed by atoms with E-state index in [9.17, 15) is 24.4 Å². The number of thiophene rings is 1. The lowest BCUT2D eigenvalue weighted by atomic mass is 9.91. The summed E-state index contributed by atoms with van der Waals surface area (Å²) in [5, 5.41) is 14.3. The maximum atomic E-state index is 13.0. The third-order valence-electron chi connectivity index (χ3n) is 7.23. The molecular formula is C24H35N3O6S. The lowest BCUT2D eigenvalue weighted by molar-refractivity contribution is -0.157. The van der Waals surface area contributed by atoms with E-state index in [1.807, 2.05) is 4.90 Å². The number of hydroxylamine groups is 2. The summed E-state index contributed by atoms with van der Waals surface area (Å²) in [4.78, 5) is 47.2. The third-order valence-corrected chi connectivity index (χ3v) is 8.12. The average Bonchev–Trinajstić information content (AvgIpc) is 3.20. The second-order valence-electron chi connectivity index (χ2n) is 9.75. The van der Waals surface area contributed by atoms with Crippen molar-refractivity contribution in [3.05, 3.63) is 16.3 Å². The van der Waals surface area contributed by atoms with Gasteiger partial charge >= 0.3 is 5.97 Å². The molecule has 1 saturated heterocycles. The van der Waals surface area contributed by atoms with Gasteiger partial charge in [0.05, 0.1) is 25.3 Å². The van der Waals surface area contributed by atoms with E-state index in [4.69, 9.17) is 0 Å². The minimum atomic E-state index is -0.436. The molecule has 10 heteroatoms. The molecule has 34 heavy (non-hydrogen) atoms. The van der Waals surface area contributed by atoms with Crippen LogP contribution in [-0.2, 0) is 19.1 Å². The maximum absolute atomic E-state index is 13.0. The maximum Gasteiger partial charge on any atom is 0.350 e. The van der Waals surface area contributed by atoms with Crippen molar-refractivity contribution in [2.24, 2.45) is 17.3 Å². The van der Waals surface area contributed by atoms with Gasteiger partial charge in [-0.05, 0) is 55.4 Å². The lowest BCUT2D eigenvalue weighted by Gasteiger charge is -2.29. The molecule has 3 amide bonds. The quantitative estimate of drug-likeness (QED) is 0.235. The largest absolute Gasteiger partial charge is 0.465 e. The van der Waals surface area contributed by atoms with E-state index < -0.39 is 5.97 Å². The molecule has 1 aromatic rings. The summed E-state index contributed by atoms with van der Waals surface area (Å²) < 4.78 is 4.50. The van der Waals surface area contributed by atoms with Crippen molar-refractivity contribution in [3.63, 3.8) is 0 Å². The molecule has 1 spiro atoms. The summed E-state index contributed by atoms with van der Waals surface area (Å²) in [7, 11) is 1.30. The first-order valence-electron chi connectivity index (χ1n) is 11.9. The second-order valence-corrected chi connectivity index (χ2v) is 10.7. The average molecular weight is 494 g/mol. The van der Waals surface area contributed by atoms with Gasteiger partial charge in [-0.25, -0.2) is 9.86 Å². The highest BCUT2D eigenvalue weighted by Gasteiger charge is 2.52. The second kappa shape index (κ2) is 11.8. The van der Waals surface area contributed by atoms with Crippen molar-refractivity contribution >= 4 is 41.7 Å². The standard InChI is InChI=1S/C17H28N2O3.C7H7NO3S/c1-13-9-17(6-7-17)11-19(13)16(21)15(10-18(22)12-20)8-14-4-2-3-5-14;1-11-7(10)6-5(8-4-9)2-3-12-6/h12-15,22H,2-11H2,1H3;2-4H,1H3,(H,8,9). The molecule has 2 unspecified atom stereocenters. The van der Waals surface area contributed by atoms with E-state index in [1.54, 1.807) is 11.4 Å². The minimum Gasteiger partial charge on any atom is -0.465 e. The summed E-state index contributed by atoms with van der Waals surface area (Å²) in [5.74, 6) is 0.0230. The zero-order valence-electron chi connectivity index (χ0n) is 19.9. The number of rotatable bonds is 9. The van der Waals surface area contributed by atoms with Gasteiger partial charge in [0.15, 0.2) is 0 Å². The van der Waals surface area contributed by atoms with Crippen molar-refractivity contribution in [3.8, 4) is 0 Å². The fourth-order valence-electron chi connectivity index (χ4n) is 5.30. The van der Waals surface area contributed by atoms with Gasteiger partial charge in [0, 0.05) is 12.6 Å². The molecule has 9 nitrogen and oxygen atoms in total. The Labute approximate surface area is 204 Å². The lowest BCUT2D eigenvalue weighted by Crippen LogP contribution is -2.43. The number of amides is 3. The first kappa shape index (κ1) is 26.2. The molecule has 2 heterocycles. The summed E-state index contributed by atoms with van der Waals surface area (Å²) in [5.41, 5.74) is 0.887. The van der Waals surface area contributed by atoms with Gasteiger partial charge in [0.1, 0.15) is 4.88 Å². The number of nitrogens with zero attached hydrogens (tertiary/aromatic N) is 2. The van der Waals surface area contributed by atoms with Crippen LogP contribution in [0.25, 0.3) is 0 Å². The van der Waals surface area contributed by atoms with Crippen LogP contribution in [0.2, 0.25) is 0 Å². The Morgan fingerprint density at radius 1 is 1.35 bits per heavy atom. The molecule has 0 radical (unpaired) electrons. The van der Waals surface area contributed by atoms with Crippen LogP contribution in [0.5, 0.6) is 0 Å². The number of hydrogen-bond donors (Lipinski definition) is 2. The summed E-state index contributed by atoms with van der Waals surface area (Å²) in [6, 6.07) is 1.94. The highest BCUT2D eigenvalue weighted by molar-refractivity contribution is 7.12. The van der Waals surface area contributed by atoms with Crippen LogP contribution in [0.3, 0.4) is 0 Å². The van der Waals surface area contributed by atoms with Gasteiger partial charge in [-0.15, -0.1) is 11.3 Å². The number of carbonyl (C=O) groups is 4. The van der Waals surface area contributed by atoms with Gasteiger partial charge in [-0.1, -0.05) is 25.7 Å². The van der Waals surface area contributed by atoms with Gasteiger partial charge in [0.25, 0.3) is 0 Å². The van der Waals surface area contributed by atoms with Crippen LogP contribution in [-0.4, -0.2) is 66.1 Å². The SMILES string of the molecule is CC1CC2(CC2)CN1C(=O)C(CC1CCCC1)CN(O)C=O.COC(=O)c1sccc1NC=O. The Hall–Kier alpha value is -2.46. The van der Waals surface area contributed by atoms with E-state index in [1.165, 1.54) is 57.0 Å². The molecule has 3 fully saturated rings. The zero-order chi connectivity index (χ0) is 24.7. The fourth-order valence-corrected chi connectivity index (χ4v) is 6.07. The van der Waals surface area contributed by atoms with Gasteiger partial charge in [-0.2, -0.15) is 0 Å². The number of hydrogen-bond acceptors (Lipinski definition) is 7. The van der Waals surface area contributed by atoms with Crippen LogP contribution in [0.15, 0.2) is 11.4 Å². The van der Waals surface area contributed by atoms with Crippen LogP contribution in [0.1, 0.15) is 68.0 Å². The van der Waals surface area contributed by atoms with E-state index in [-0.39, 0.29) is 18.4 Å². The van der Waals surface area contributed by atoms with Gasteiger partial charge in [-0.3, -0.25) is 19.6 Å². The van der Waals surface area contributed by atoms with Crippen molar-refractivity contribution in [1.29, 1.82) is 0 Å². The van der Waals surface area contributed by atoms with Gasteiger partial charge in [0.2, 0.25) is 18.7 Å². The molecular weight excluding hydrogens is 458 g/mol. The number of esters is 1. The topological polar surface area (TPSA) is 116 Å².